The van der Waals surface area contributed by atoms with Crippen LogP contribution in [0.1, 0.15) is 17.9 Å². The lowest BCUT2D eigenvalue weighted by molar-refractivity contribution is 0.414. The van der Waals surface area contributed by atoms with E-state index < -0.39 is 0 Å². The molecule has 24 heavy (non-hydrogen) atoms. The predicted octanol–water partition coefficient (Wildman–Crippen LogP) is 4.29. The standard InChI is InChI=1S/C19H18ClN3O/c1-24-16-5-2-13(3-6-16)14-8-9-23(11-14)19-17-7-4-15(20)10-18(17)21-12-22-19/h2-7,10,12,14H,8-9,11H2,1H3. The Morgan fingerprint density at radius 1 is 1.12 bits per heavy atom. The van der Waals surface area contributed by atoms with E-state index in [-0.39, 0.29) is 0 Å². The third-order valence-corrected chi connectivity index (χ3v) is 4.89. The van der Waals surface area contributed by atoms with Crippen LogP contribution >= 0.6 is 11.6 Å². The number of hydrogen-bond acceptors (Lipinski definition) is 4. The highest BCUT2D eigenvalue weighted by Gasteiger charge is 2.26. The number of halogens is 1. The molecule has 1 unspecified atom stereocenters. The molecule has 122 valence electrons. The summed E-state index contributed by atoms with van der Waals surface area (Å²) in [5.41, 5.74) is 2.24. The van der Waals surface area contributed by atoms with E-state index in [9.17, 15) is 0 Å². The monoisotopic (exact) mass is 339 g/mol. The van der Waals surface area contributed by atoms with E-state index >= 15 is 0 Å². The highest BCUT2D eigenvalue weighted by atomic mass is 35.5. The summed E-state index contributed by atoms with van der Waals surface area (Å²) in [6, 6.07) is 14.2. The van der Waals surface area contributed by atoms with Crippen LogP contribution in [-0.4, -0.2) is 30.2 Å². The van der Waals surface area contributed by atoms with Gasteiger partial charge in [0.25, 0.3) is 0 Å². The molecular formula is C19H18ClN3O. The molecule has 1 aliphatic heterocycles. The zero-order valence-corrected chi connectivity index (χ0v) is 14.2. The number of ether oxygens (including phenoxy) is 1. The van der Waals surface area contributed by atoms with Crippen molar-refractivity contribution in [3.05, 3.63) is 59.4 Å². The quantitative estimate of drug-likeness (QED) is 0.713. The molecule has 2 aromatic carbocycles. The van der Waals surface area contributed by atoms with E-state index in [1.807, 2.05) is 30.3 Å². The van der Waals surface area contributed by atoms with E-state index in [1.54, 1.807) is 13.4 Å². The first-order valence-electron chi connectivity index (χ1n) is 8.04. The topological polar surface area (TPSA) is 38.2 Å². The Labute approximate surface area is 146 Å². The van der Waals surface area contributed by atoms with Crippen molar-refractivity contribution in [2.45, 2.75) is 12.3 Å². The Morgan fingerprint density at radius 2 is 1.96 bits per heavy atom. The molecule has 1 atom stereocenters. The molecule has 0 N–H and O–H groups in total. The fourth-order valence-corrected chi connectivity index (χ4v) is 3.54. The zero-order valence-electron chi connectivity index (χ0n) is 13.4. The molecule has 5 heteroatoms. The second kappa shape index (κ2) is 6.29. The molecule has 0 radical (unpaired) electrons. The van der Waals surface area contributed by atoms with Crippen LogP contribution in [0.2, 0.25) is 5.02 Å². The summed E-state index contributed by atoms with van der Waals surface area (Å²) >= 11 is 6.07. The summed E-state index contributed by atoms with van der Waals surface area (Å²) in [6.45, 7) is 1.95. The number of benzene rings is 2. The van der Waals surface area contributed by atoms with Crippen molar-refractivity contribution < 1.29 is 4.74 Å². The molecule has 2 heterocycles. The number of nitrogens with zero attached hydrogens (tertiary/aromatic N) is 3. The van der Waals surface area contributed by atoms with Gasteiger partial charge in [0.05, 0.1) is 12.6 Å². The van der Waals surface area contributed by atoms with Crippen LogP contribution < -0.4 is 9.64 Å². The molecule has 4 nitrogen and oxygen atoms in total. The molecule has 1 saturated heterocycles. The van der Waals surface area contributed by atoms with Crippen LogP contribution in [0.3, 0.4) is 0 Å². The Bertz CT molecular complexity index is 866. The average molecular weight is 340 g/mol. The maximum Gasteiger partial charge on any atom is 0.139 e. The smallest absolute Gasteiger partial charge is 0.139 e. The van der Waals surface area contributed by atoms with Gasteiger partial charge >= 0.3 is 0 Å². The fourth-order valence-electron chi connectivity index (χ4n) is 3.37. The van der Waals surface area contributed by atoms with Crippen LogP contribution in [0, 0.1) is 0 Å². The first-order valence-corrected chi connectivity index (χ1v) is 8.41. The van der Waals surface area contributed by atoms with Gasteiger partial charge in [-0.1, -0.05) is 23.7 Å². The highest BCUT2D eigenvalue weighted by Crippen LogP contribution is 2.33. The van der Waals surface area contributed by atoms with Gasteiger partial charge in [0.2, 0.25) is 0 Å². The van der Waals surface area contributed by atoms with Crippen molar-refractivity contribution in [3.63, 3.8) is 0 Å². The minimum absolute atomic E-state index is 0.508. The van der Waals surface area contributed by atoms with Crippen molar-refractivity contribution in [1.29, 1.82) is 0 Å². The van der Waals surface area contributed by atoms with E-state index in [4.69, 9.17) is 16.3 Å². The van der Waals surface area contributed by atoms with Gasteiger partial charge < -0.3 is 9.64 Å². The molecule has 0 bridgehead atoms. The van der Waals surface area contributed by atoms with Gasteiger partial charge in [0.15, 0.2) is 0 Å². The number of aromatic nitrogens is 2. The Kier molecular flexibility index (Phi) is 3.98. The fraction of sp³-hybridized carbons (Fsp3) is 0.263. The van der Waals surface area contributed by atoms with Crippen LogP contribution in [0.4, 0.5) is 5.82 Å². The largest absolute Gasteiger partial charge is 0.497 e. The summed E-state index contributed by atoms with van der Waals surface area (Å²) < 4.78 is 5.24. The lowest BCUT2D eigenvalue weighted by Crippen LogP contribution is -2.20. The highest BCUT2D eigenvalue weighted by molar-refractivity contribution is 6.31. The SMILES string of the molecule is COc1ccc(C2CCN(c3ncnc4cc(Cl)ccc34)C2)cc1. The van der Waals surface area contributed by atoms with Crippen LogP contribution in [0.25, 0.3) is 10.9 Å². The van der Waals surface area contributed by atoms with Gasteiger partial charge in [0.1, 0.15) is 17.9 Å². The molecule has 0 saturated carbocycles. The van der Waals surface area contributed by atoms with Gasteiger partial charge in [-0.3, -0.25) is 0 Å². The van der Waals surface area contributed by atoms with Crippen molar-refractivity contribution in [2.75, 3.05) is 25.1 Å². The van der Waals surface area contributed by atoms with E-state index in [2.05, 4.69) is 27.0 Å². The molecule has 0 amide bonds. The maximum absolute atomic E-state index is 6.07. The summed E-state index contributed by atoms with van der Waals surface area (Å²) in [4.78, 5) is 11.2. The van der Waals surface area contributed by atoms with Crippen LogP contribution in [-0.2, 0) is 0 Å². The van der Waals surface area contributed by atoms with E-state index in [1.165, 1.54) is 5.56 Å². The Balaban J connectivity index is 1.60. The molecule has 1 aromatic heterocycles. The number of rotatable bonds is 3. The maximum atomic E-state index is 6.07. The minimum atomic E-state index is 0.508. The summed E-state index contributed by atoms with van der Waals surface area (Å²) in [5, 5.41) is 1.75. The summed E-state index contributed by atoms with van der Waals surface area (Å²) in [6.07, 6.45) is 2.74. The second-order valence-electron chi connectivity index (χ2n) is 6.06. The van der Waals surface area contributed by atoms with Crippen LogP contribution in [0.15, 0.2) is 48.8 Å². The van der Waals surface area contributed by atoms with Crippen molar-refractivity contribution >= 4 is 28.3 Å². The Morgan fingerprint density at radius 3 is 2.75 bits per heavy atom. The average Bonchev–Trinajstić information content (AvgIpc) is 3.11. The minimum Gasteiger partial charge on any atom is -0.497 e. The van der Waals surface area contributed by atoms with Gasteiger partial charge in [-0.25, -0.2) is 9.97 Å². The molecular weight excluding hydrogens is 322 g/mol. The van der Waals surface area contributed by atoms with Gasteiger partial charge in [-0.2, -0.15) is 0 Å². The van der Waals surface area contributed by atoms with Crippen LogP contribution in [0.5, 0.6) is 5.75 Å². The lowest BCUT2D eigenvalue weighted by Gasteiger charge is -2.19. The Hall–Kier alpha value is -2.33. The molecule has 1 aliphatic rings. The molecule has 3 aromatic rings. The zero-order chi connectivity index (χ0) is 16.5. The van der Waals surface area contributed by atoms with E-state index in [0.717, 1.165) is 42.0 Å². The summed E-state index contributed by atoms with van der Waals surface area (Å²) in [7, 11) is 1.69. The van der Waals surface area contributed by atoms with Crippen molar-refractivity contribution in [2.24, 2.45) is 0 Å². The summed E-state index contributed by atoms with van der Waals surface area (Å²) in [5.74, 6) is 2.40. The number of methoxy groups -OCH3 is 1. The number of fused-ring (bicyclic) bond motifs is 1. The van der Waals surface area contributed by atoms with Crippen molar-refractivity contribution in [3.8, 4) is 5.75 Å². The predicted molar refractivity (Wildman–Crippen MR) is 97.1 cm³/mol. The number of hydrogen-bond donors (Lipinski definition) is 0. The first kappa shape index (κ1) is 15.2. The first-order chi connectivity index (χ1) is 11.7. The second-order valence-corrected chi connectivity index (χ2v) is 6.50. The molecule has 1 fully saturated rings. The lowest BCUT2D eigenvalue weighted by atomic mass is 9.98. The third-order valence-electron chi connectivity index (χ3n) is 4.65. The van der Waals surface area contributed by atoms with Gasteiger partial charge in [0, 0.05) is 29.4 Å². The van der Waals surface area contributed by atoms with Gasteiger partial charge in [-0.15, -0.1) is 0 Å². The van der Waals surface area contributed by atoms with Gasteiger partial charge in [-0.05, 0) is 42.3 Å². The molecule has 0 spiro atoms. The molecule has 4 rings (SSSR count). The normalized spacial score (nSPS) is 17.4. The number of anilines is 1. The molecule has 0 aliphatic carbocycles. The third kappa shape index (κ3) is 2.78. The van der Waals surface area contributed by atoms with Crippen molar-refractivity contribution in [1.82, 2.24) is 9.97 Å². The van der Waals surface area contributed by atoms with E-state index in [0.29, 0.717) is 10.9 Å².